The molecular weight excluding hydrogens is 610 g/mol. The first kappa shape index (κ1) is 35.4. The molecule has 0 bridgehead atoms. The van der Waals surface area contributed by atoms with Crippen LogP contribution in [-0.4, -0.2) is 122 Å². The molecule has 2 aliphatic rings. The van der Waals surface area contributed by atoms with Gasteiger partial charge in [-0.2, -0.15) is 4.98 Å². The van der Waals surface area contributed by atoms with Crippen LogP contribution in [0.15, 0.2) is 54.9 Å². The third kappa shape index (κ3) is 11.4. The Labute approximate surface area is 284 Å². The number of hydrogen-bond acceptors (Lipinski definition) is 12. The number of amides is 1. The molecule has 0 unspecified atom stereocenters. The molecule has 1 amide bonds. The zero-order valence-electron chi connectivity index (χ0n) is 28.6. The van der Waals surface area contributed by atoms with E-state index in [0.29, 0.717) is 36.5 Å². The van der Waals surface area contributed by atoms with Gasteiger partial charge < -0.3 is 35.1 Å². The number of methoxy groups -OCH3 is 1. The highest BCUT2D eigenvalue weighted by Crippen LogP contribution is 2.27. The maximum atomic E-state index is 12.8. The number of rotatable bonds is 17. The molecule has 0 radical (unpaired) electrons. The summed E-state index contributed by atoms with van der Waals surface area (Å²) in [6.07, 6.45) is 5.59. The second-order valence-electron chi connectivity index (χ2n) is 12.5. The van der Waals surface area contributed by atoms with Crippen molar-refractivity contribution in [3.63, 3.8) is 0 Å². The zero-order chi connectivity index (χ0) is 33.6. The summed E-state index contributed by atoms with van der Waals surface area (Å²) in [5.41, 5.74) is 2.56. The first-order valence-electron chi connectivity index (χ1n) is 17.0. The van der Waals surface area contributed by atoms with E-state index >= 15 is 0 Å². The minimum absolute atomic E-state index is 0.0226. The predicted molar refractivity (Wildman–Crippen MR) is 189 cm³/mol. The molecule has 13 heteroatoms. The van der Waals surface area contributed by atoms with Crippen LogP contribution in [-0.2, 0) is 25.6 Å². The molecule has 260 valence electrons. The maximum Gasteiger partial charge on any atom is 0.250 e. The van der Waals surface area contributed by atoms with Crippen molar-refractivity contribution in [3.8, 4) is 0 Å². The van der Waals surface area contributed by atoms with E-state index in [0.717, 1.165) is 77.5 Å². The number of piperidine rings is 1. The fourth-order valence-electron chi connectivity index (χ4n) is 5.79. The molecule has 2 saturated heterocycles. The van der Waals surface area contributed by atoms with E-state index < -0.39 is 0 Å². The standard InChI is InChI=1S/C35H51N9O4/c1-27(2)38-30-23-33(40-32-9-12-36-35(41-32)44-13-10-29(46-3)11-14-44)37-24-31(30)39-34(45)26-48-22-20-43-17-15-42(16-18-43)19-21-47-25-28-7-5-4-6-8-28/h4-9,12,23-24,27,29H,10-11,13-22,25-26H2,1-3H3,(H,39,45)(H2,36,37,38,40,41). The molecular formula is C35H51N9O4. The smallest absolute Gasteiger partial charge is 0.250 e. The van der Waals surface area contributed by atoms with Crippen LogP contribution in [0.5, 0.6) is 0 Å². The van der Waals surface area contributed by atoms with Gasteiger partial charge in [-0.3, -0.25) is 14.6 Å². The van der Waals surface area contributed by atoms with Crippen molar-refractivity contribution in [2.75, 3.05) is 100 Å². The van der Waals surface area contributed by atoms with Gasteiger partial charge in [0, 0.05) is 77.8 Å². The number of hydrogen-bond donors (Lipinski definition) is 3. The molecule has 1 aromatic carbocycles. The number of nitrogens with zero attached hydrogens (tertiary/aromatic N) is 6. The van der Waals surface area contributed by atoms with Crippen molar-refractivity contribution < 1.29 is 19.0 Å². The lowest BCUT2D eigenvalue weighted by molar-refractivity contribution is -0.120. The Kier molecular flexibility index (Phi) is 13.7. The Morgan fingerprint density at radius 2 is 1.60 bits per heavy atom. The molecule has 2 fully saturated rings. The summed E-state index contributed by atoms with van der Waals surface area (Å²) in [5, 5.41) is 9.65. The normalized spacial score (nSPS) is 16.3. The lowest BCUT2D eigenvalue weighted by Gasteiger charge is -2.34. The van der Waals surface area contributed by atoms with Crippen LogP contribution < -0.4 is 20.9 Å². The summed E-state index contributed by atoms with van der Waals surface area (Å²) in [7, 11) is 1.76. The fraction of sp³-hybridized carbons (Fsp3) is 0.543. The Hall–Kier alpha value is -3.88. The highest BCUT2D eigenvalue weighted by Gasteiger charge is 2.21. The molecule has 0 atom stereocenters. The van der Waals surface area contributed by atoms with Gasteiger partial charge in [-0.05, 0) is 38.3 Å². The SMILES string of the molecule is COC1CCN(c2nccc(Nc3cc(NC(C)C)c(NC(=O)COCCN4CCN(CCOCc5ccccc5)CC4)cn3)n2)CC1. The molecule has 0 aliphatic carbocycles. The number of nitrogens with one attached hydrogen (secondary N) is 3. The number of pyridine rings is 1. The maximum absolute atomic E-state index is 12.8. The first-order chi connectivity index (χ1) is 23.4. The van der Waals surface area contributed by atoms with Crippen LogP contribution in [0.3, 0.4) is 0 Å². The number of carbonyl (C=O) groups is 1. The molecule has 2 aromatic heterocycles. The van der Waals surface area contributed by atoms with Gasteiger partial charge in [-0.25, -0.2) is 9.97 Å². The summed E-state index contributed by atoms with van der Waals surface area (Å²) in [6, 6.07) is 14.1. The summed E-state index contributed by atoms with van der Waals surface area (Å²) in [5.74, 6) is 1.72. The minimum atomic E-state index is -0.220. The second-order valence-corrected chi connectivity index (χ2v) is 12.5. The van der Waals surface area contributed by atoms with Crippen molar-refractivity contribution in [1.29, 1.82) is 0 Å². The van der Waals surface area contributed by atoms with Gasteiger partial charge in [0.1, 0.15) is 18.2 Å². The molecule has 13 nitrogen and oxygen atoms in total. The third-order valence-corrected chi connectivity index (χ3v) is 8.49. The predicted octanol–water partition coefficient (Wildman–Crippen LogP) is 3.84. The lowest BCUT2D eigenvalue weighted by atomic mass is 10.1. The van der Waals surface area contributed by atoms with Crippen LogP contribution in [0.25, 0.3) is 0 Å². The van der Waals surface area contributed by atoms with Crippen molar-refractivity contribution >= 4 is 34.9 Å². The number of piperazine rings is 1. The molecule has 0 spiro atoms. The van der Waals surface area contributed by atoms with E-state index in [4.69, 9.17) is 19.2 Å². The van der Waals surface area contributed by atoms with Crippen molar-refractivity contribution in [3.05, 3.63) is 60.4 Å². The van der Waals surface area contributed by atoms with Crippen LogP contribution in [0.1, 0.15) is 32.3 Å². The van der Waals surface area contributed by atoms with Gasteiger partial charge in [0.05, 0.1) is 43.5 Å². The molecule has 48 heavy (non-hydrogen) atoms. The van der Waals surface area contributed by atoms with Gasteiger partial charge in [-0.15, -0.1) is 0 Å². The summed E-state index contributed by atoms with van der Waals surface area (Å²) >= 11 is 0. The monoisotopic (exact) mass is 661 g/mol. The van der Waals surface area contributed by atoms with Gasteiger partial charge in [0.15, 0.2) is 0 Å². The van der Waals surface area contributed by atoms with Crippen molar-refractivity contribution in [2.24, 2.45) is 0 Å². The Balaban J connectivity index is 1.02. The summed E-state index contributed by atoms with van der Waals surface area (Å²) in [6.45, 7) is 13.4. The highest BCUT2D eigenvalue weighted by molar-refractivity contribution is 5.95. The van der Waals surface area contributed by atoms with Crippen molar-refractivity contribution in [2.45, 2.75) is 45.4 Å². The van der Waals surface area contributed by atoms with Gasteiger partial charge in [0.25, 0.3) is 0 Å². The second kappa shape index (κ2) is 18.6. The molecule has 4 heterocycles. The van der Waals surface area contributed by atoms with Crippen molar-refractivity contribution in [1.82, 2.24) is 24.8 Å². The van der Waals surface area contributed by atoms with E-state index in [-0.39, 0.29) is 24.7 Å². The molecule has 5 rings (SSSR count). The van der Waals surface area contributed by atoms with E-state index in [1.54, 1.807) is 19.5 Å². The van der Waals surface area contributed by atoms with E-state index in [1.165, 1.54) is 5.56 Å². The molecule has 3 N–H and O–H groups in total. The highest BCUT2D eigenvalue weighted by atomic mass is 16.5. The number of benzene rings is 1. The molecule has 3 aromatic rings. The Morgan fingerprint density at radius 1 is 0.896 bits per heavy atom. The topological polar surface area (TPSA) is 129 Å². The fourth-order valence-corrected chi connectivity index (χ4v) is 5.79. The zero-order valence-corrected chi connectivity index (χ0v) is 28.6. The van der Waals surface area contributed by atoms with Crippen LogP contribution in [0, 0.1) is 0 Å². The Morgan fingerprint density at radius 3 is 2.29 bits per heavy atom. The number of ether oxygens (including phenoxy) is 3. The number of aromatic nitrogens is 3. The largest absolute Gasteiger partial charge is 0.381 e. The van der Waals surface area contributed by atoms with Crippen LogP contribution in [0.4, 0.5) is 29.0 Å². The average Bonchev–Trinajstić information content (AvgIpc) is 3.11. The summed E-state index contributed by atoms with van der Waals surface area (Å²) < 4.78 is 17.1. The third-order valence-electron chi connectivity index (χ3n) is 8.49. The summed E-state index contributed by atoms with van der Waals surface area (Å²) in [4.78, 5) is 33.5. The lowest BCUT2D eigenvalue weighted by Crippen LogP contribution is -2.48. The first-order valence-corrected chi connectivity index (χ1v) is 17.0. The number of anilines is 5. The van der Waals surface area contributed by atoms with Crippen LogP contribution in [0.2, 0.25) is 0 Å². The molecule has 2 aliphatic heterocycles. The van der Waals surface area contributed by atoms with E-state index in [1.807, 2.05) is 44.2 Å². The Bertz CT molecular complexity index is 1400. The van der Waals surface area contributed by atoms with Gasteiger partial charge in [-0.1, -0.05) is 30.3 Å². The van der Waals surface area contributed by atoms with Gasteiger partial charge >= 0.3 is 0 Å². The minimum Gasteiger partial charge on any atom is -0.381 e. The average molecular weight is 662 g/mol. The van der Waals surface area contributed by atoms with Gasteiger partial charge in [0.2, 0.25) is 11.9 Å². The van der Waals surface area contributed by atoms with E-state index in [9.17, 15) is 4.79 Å². The quantitative estimate of drug-likeness (QED) is 0.182. The van der Waals surface area contributed by atoms with Crippen LogP contribution >= 0.6 is 0 Å². The number of carbonyl (C=O) groups excluding carboxylic acids is 1. The van der Waals surface area contributed by atoms with E-state index in [2.05, 4.69) is 52.8 Å². The molecule has 0 saturated carbocycles.